The van der Waals surface area contributed by atoms with E-state index in [1.165, 1.54) is 11.3 Å². The molecule has 0 saturated carbocycles. The first-order valence-electron chi connectivity index (χ1n) is 7.25. The van der Waals surface area contributed by atoms with Gasteiger partial charge in [0.2, 0.25) is 0 Å². The number of hydrogen-bond acceptors (Lipinski definition) is 6. The third-order valence-electron chi connectivity index (χ3n) is 3.56. The predicted molar refractivity (Wildman–Crippen MR) is 88.5 cm³/mol. The molecule has 2 unspecified atom stereocenters. The molecule has 1 aromatic heterocycles. The molecular formula is C16H19N3O2S. The summed E-state index contributed by atoms with van der Waals surface area (Å²) in [7, 11) is 1.63. The Morgan fingerprint density at radius 3 is 3.00 bits per heavy atom. The molecule has 5 nitrogen and oxygen atoms in total. The van der Waals surface area contributed by atoms with Crippen LogP contribution in [0.25, 0.3) is 5.70 Å². The SMILES string of the molecule is COC1=CC2NC(c3csc(NC(C)C)n3)=CC(=O)C2C=C1. The summed E-state index contributed by atoms with van der Waals surface area (Å²) < 4.78 is 5.24. The highest BCUT2D eigenvalue weighted by Crippen LogP contribution is 2.28. The summed E-state index contributed by atoms with van der Waals surface area (Å²) in [4.78, 5) is 16.9. The van der Waals surface area contributed by atoms with Gasteiger partial charge in [-0.15, -0.1) is 11.3 Å². The number of aromatic nitrogens is 1. The summed E-state index contributed by atoms with van der Waals surface area (Å²) in [6, 6.07) is 0.240. The highest BCUT2D eigenvalue weighted by molar-refractivity contribution is 7.13. The monoisotopic (exact) mass is 317 g/mol. The number of hydrogen-bond donors (Lipinski definition) is 2. The lowest BCUT2D eigenvalue weighted by Crippen LogP contribution is -2.42. The molecule has 1 aliphatic carbocycles. The van der Waals surface area contributed by atoms with E-state index in [1.807, 2.05) is 23.6 Å². The third-order valence-corrected chi connectivity index (χ3v) is 4.34. The lowest BCUT2D eigenvalue weighted by molar-refractivity contribution is -0.117. The predicted octanol–water partition coefficient (Wildman–Crippen LogP) is 2.56. The fourth-order valence-electron chi connectivity index (χ4n) is 2.51. The smallest absolute Gasteiger partial charge is 0.183 e. The summed E-state index contributed by atoms with van der Waals surface area (Å²) in [6.07, 6.45) is 7.31. The average Bonchev–Trinajstić information content (AvgIpc) is 2.94. The number of nitrogens with one attached hydrogen (secondary N) is 2. The van der Waals surface area contributed by atoms with Crippen LogP contribution in [0.4, 0.5) is 5.13 Å². The van der Waals surface area contributed by atoms with E-state index in [9.17, 15) is 4.79 Å². The fraction of sp³-hybridized carbons (Fsp3) is 0.375. The lowest BCUT2D eigenvalue weighted by Gasteiger charge is -2.30. The van der Waals surface area contributed by atoms with E-state index in [0.29, 0.717) is 6.04 Å². The molecule has 1 aromatic rings. The minimum absolute atomic E-state index is 0.0874. The Kier molecular flexibility index (Phi) is 4.02. The van der Waals surface area contributed by atoms with Crippen LogP contribution < -0.4 is 10.6 Å². The van der Waals surface area contributed by atoms with Crippen molar-refractivity contribution in [2.75, 3.05) is 12.4 Å². The van der Waals surface area contributed by atoms with E-state index in [-0.39, 0.29) is 17.7 Å². The van der Waals surface area contributed by atoms with E-state index in [0.717, 1.165) is 22.3 Å². The Hall–Kier alpha value is -2.08. The van der Waals surface area contributed by atoms with Gasteiger partial charge in [-0.3, -0.25) is 4.79 Å². The van der Waals surface area contributed by atoms with E-state index in [1.54, 1.807) is 13.2 Å². The number of allylic oxidation sites excluding steroid dienone is 2. The zero-order valence-corrected chi connectivity index (χ0v) is 13.6. The summed E-state index contributed by atoms with van der Waals surface area (Å²) in [5.41, 5.74) is 1.56. The Morgan fingerprint density at radius 1 is 1.45 bits per heavy atom. The lowest BCUT2D eigenvalue weighted by atomic mass is 9.87. The average molecular weight is 317 g/mol. The maximum absolute atomic E-state index is 12.3. The number of rotatable bonds is 4. The first kappa shape index (κ1) is 14.8. The number of methoxy groups -OCH3 is 1. The summed E-state index contributed by atoms with van der Waals surface area (Å²) in [5, 5.41) is 9.47. The van der Waals surface area contributed by atoms with Crippen molar-refractivity contribution < 1.29 is 9.53 Å². The molecule has 22 heavy (non-hydrogen) atoms. The Morgan fingerprint density at radius 2 is 2.27 bits per heavy atom. The van der Waals surface area contributed by atoms with E-state index < -0.39 is 0 Å². The topological polar surface area (TPSA) is 63.2 Å². The van der Waals surface area contributed by atoms with Gasteiger partial charge in [0.1, 0.15) is 5.76 Å². The van der Waals surface area contributed by atoms with Crippen LogP contribution in [0.1, 0.15) is 19.5 Å². The van der Waals surface area contributed by atoms with Crippen LogP contribution in [0.2, 0.25) is 0 Å². The number of nitrogens with zero attached hydrogens (tertiary/aromatic N) is 1. The fourth-order valence-corrected chi connectivity index (χ4v) is 3.37. The highest BCUT2D eigenvalue weighted by atomic mass is 32.1. The zero-order valence-electron chi connectivity index (χ0n) is 12.8. The largest absolute Gasteiger partial charge is 0.497 e. The van der Waals surface area contributed by atoms with Crippen molar-refractivity contribution in [3.8, 4) is 0 Å². The first-order valence-corrected chi connectivity index (χ1v) is 8.13. The molecule has 0 saturated heterocycles. The van der Waals surface area contributed by atoms with Gasteiger partial charge in [-0.1, -0.05) is 6.08 Å². The normalized spacial score (nSPS) is 23.5. The molecule has 3 rings (SSSR count). The molecule has 2 aliphatic rings. The number of fused-ring (bicyclic) bond motifs is 1. The van der Waals surface area contributed by atoms with Crippen molar-refractivity contribution in [2.24, 2.45) is 5.92 Å². The molecule has 116 valence electrons. The van der Waals surface area contributed by atoms with Crippen molar-refractivity contribution in [3.63, 3.8) is 0 Å². The molecule has 6 heteroatoms. The number of ether oxygens (including phenoxy) is 1. The molecule has 0 amide bonds. The van der Waals surface area contributed by atoms with Crippen molar-refractivity contribution in [1.29, 1.82) is 0 Å². The van der Waals surface area contributed by atoms with Gasteiger partial charge >= 0.3 is 0 Å². The molecule has 0 bridgehead atoms. The molecular weight excluding hydrogens is 298 g/mol. The number of carbonyl (C=O) groups excluding carboxylic acids is 1. The van der Waals surface area contributed by atoms with Crippen LogP contribution in [0.3, 0.4) is 0 Å². The molecule has 0 radical (unpaired) electrons. The minimum atomic E-state index is -0.172. The van der Waals surface area contributed by atoms with Crippen molar-refractivity contribution in [3.05, 3.63) is 41.1 Å². The zero-order chi connectivity index (χ0) is 15.7. The molecule has 0 aromatic carbocycles. The second kappa shape index (κ2) is 5.96. The van der Waals surface area contributed by atoms with Crippen molar-refractivity contribution in [2.45, 2.75) is 25.9 Å². The third kappa shape index (κ3) is 2.92. The van der Waals surface area contributed by atoms with Gasteiger partial charge in [-0.25, -0.2) is 4.98 Å². The van der Waals surface area contributed by atoms with Crippen molar-refractivity contribution in [1.82, 2.24) is 10.3 Å². The molecule has 0 fully saturated rings. The molecule has 2 atom stereocenters. The second-order valence-electron chi connectivity index (χ2n) is 5.63. The van der Waals surface area contributed by atoms with Crippen LogP contribution >= 0.6 is 11.3 Å². The van der Waals surface area contributed by atoms with Gasteiger partial charge in [0.25, 0.3) is 0 Å². The summed E-state index contributed by atoms with van der Waals surface area (Å²) in [6.45, 7) is 4.14. The van der Waals surface area contributed by atoms with Gasteiger partial charge < -0.3 is 15.4 Å². The van der Waals surface area contributed by atoms with Gasteiger partial charge in [-0.2, -0.15) is 0 Å². The first-order chi connectivity index (χ1) is 10.6. The highest BCUT2D eigenvalue weighted by Gasteiger charge is 2.32. The van der Waals surface area contributed by atoms with E-state index in [4.69, 9.17) is 4.74 Å². The molecule has 2 N–H and O–H groups in total. The van der Waals surface area contributed by atoms with Crippen LogP contribution in [0, 0.1) is 5.92 Å². The quantitative estimate of drug-likeness (QED) is 0.893. The summed E-state index contributed by atoms with van der Waals surface area (Å²) >= 11 is 1.54. The Labute approximate surface area is 133 Å². The van der Waals surface area contributed by atoms with Gasteiger partial charge in [0.05, 0.1) is 30.5 Å². The van der Waals surface area contributed by atoms with Gasteiger partial charge in [-0.05, 0) is 26.0 Å². The maximum Gasteiger partial charge on any atom is 0.183 e. The Balaban J connectivity index is 1.83. The van der Waals surface area contributed by atoms with E-state index in [2.05, 4.69) is 29.5 Å². The number of thiazole rings is 1. The van der Waals surface area contributed by atoms with Gasteiger partial charge in [0.15, 0.2) is 10.9 Å². The summed E-state index contributed by atoms with van der Waals surface area (Å²) in [5.74, 6) is 0.686. The minimum Gasteiger partial charge on any atom is -0.497 e. The van der Waals surface area contributed by atoms with Crippen LogP contribution in [0.5, 0.6) is 0 Å². The van der Waals surface area contributed by atoms with Crippen LogP contribution in [0.15, 0.2) is 35.4 Å². The second-order valence-corrected chi connectivity index (χ2v) is 6.48. The van der Waals surface area contributed by atoms with Gasteiger partial charge in [0, 0.05) is 17.5 Å². The van der Waals surface area contributed by atoms with Crippen LogP contribution in [-0.4, -0.2) is 30.0 Å². The van der Waals surface area contributed by atoms with Crippen LogP contribution in [-0.2, 0) is 9.53 Å². The number of ketones is 1. The molecule has 1 aliphatic heterocycles. The Bertz CT molecular complexity index is 673. The molecule has 2 heterocycles. The standard InChI is InChI=1S/C16H19N3O2S/c1-9(2)17-16-19-14(8-22-16)13-7-15(20)11-5-4-10(21-3)6-12(11)18-13/h4-9,11-12,18H,1-3H3,(H,17,19). The number of anilines is 1. The maximum atomic E-state index is 12.3. The van der Waals surface area contributed by atoms with E-state index >= 15 is 0 Å². The molecule has 0 spiro atoms. The number of carbonyl (C=O) groups is 1. The van der Waals surface area contributed by atoms with Crippen molar-refractivity contribution >= 4 is 27.9 Å².